The Hall–Kier alpha value is -2.37. The second-order valence-corrected chi connectivity index (χ2v) is 6.12. The molecule has 0 radical (unpaired) electrons. The molecule has 0 bridgehead atoms. The van der Waals surface area contributed by atoms with Gasteiger partial charge in [-0.3, -0.25) is 9.59 Å². The molecule has 1 aromatic rings. The highest BCUT2D eigenvalue weighted by atomic mass is 16.5. The molecule has 0 unspecified atom stereocenters. The Morgan fingerprint density at radius 2 is 1.87 bits per heavy atom. The van der Waals surface area contributed by atoms with Gasteiger partial charge in [-0.15, -0.1) is 0 Å². The molecule has 1 aliphatic rings. The van der Waals surface area contributed by atoms with E-state index in [2.05, 4.69) is 29.7 Å². The van der Waals surface area contributed by atoms with Gasteiger partial charge in [-0.05, 0) is 55.5 Å². The molecule has 1 fully saturated rings. The van der Waals surface area contributed by atoms with Crippen LogP contribution in [0.15, 0.2) is 29.4 Å². The van der Waals surface area contributed by atoms with Crippen LogP contribution in [0, 0.1) is 5.92 Å². The molecule has 2 N–H and O–H groups in total. The molecule has 2 rings (SSSR count). The molecule has 23 heavy (non-hydrogen) atoms. The molecule has 6 nitrogen and oxygen atoms in total. The highest BCUT2D eigenvalue weighted by Crippen LogP contribution is 2.18. The maximum absolute atomic E-state index is 11.6. The lowest BCUT2D eigenvalue weighted by Crippen LogP contribution is -2.39. The van der Waals surface area contributed by atoms with Crippen LogP contribution < -0.4 is 15.5 Å². The molecule has 0 spiro atoms. The third-order valence-electron chi connectivity index (χ3n) is 3.30. The Labute approximate surface area is 136 Å². The molecule has 2 amide bonds. The van der Waals surface area contributed by atoms with Gasteiger partial charge in [-0.25, -0.2) is 5.43 Å². The molecule has 0 aromatic heterocycles. The van der Waals surface area contributed by atoms with Gasteiger partial charge in [-0.1, -0.05) is 13.8 Å². The van der Waals surface area contributed by atoms with E-state index in [-0.39, 0.29) is 6.04 Å². The Bertz CT molecular complexity index is 590. The lowest BCUT2D eigenvalue weighted by Gasteiger charge is -2.09. The summed E-state index contributed by atoms with van der Waals surface area (Å²) >= 11 is 0. The van der Waals surface area contributed by atoms with Gasteiger partial charge in [0.05, 0.1) is 12.3 Å². The van der Waals surface area contributed by atoms with Crippen LogP contribution in [-0.4, -0.2) is 30.2 Å². The summed E-state index contributed by atoms with van der Waals surface area (Å²) in [5.74, 6) is -0.118. The van der Waals surface area contributed by atoms with E-state index in [1.165, 1.54) is 0 Å². The fourth-order valence-corrected chi connectivity index (χ4v) is 1.78. The van der Waals surface area contributed by atoms with Crippen LogP contribution in [-0.2, 0) is 9.59 Å². The molecular weight excluding hydrogens is 294 g/mol. The van der Waals surface area contributed by atoms with Crippen molar-refractivity contribution in [1.82, 2.24) is 10.7 Å². The lowest BCUT2D eigenvalue weighted by molar-refractivity contribution is -0.139. The minimum Gasteiger partial charge on any atom is -0.493 e. The number of carbonyl (C=O) groups is 2. The van der Waals surface area contributed by atoms with E-state index >= 15 is 0 Å². The Morgan fingerprint density at radius 1 is 1.22 bits per heavy atom. The number of ether oxygens (including phenoxy) is 1. The van der Waals surface area contributed by atoms with Gasteiger partial charge in [0.25, 0.3) is 0 Å². The van der Waals surface area contributed by atoms with Crippen molar-refractivity contribution >= 4 is 17.5 Å². The highest BCUT2D eigenvalue weighted by molar-refractivity contribution is 6.35. The van der Waals surface area contributed by atoms with Gasteiger partial charge in [0, 0.05) is 6.04 Å². The van der Waals surface area contributed by atoms with E-state index in [1.54, 1.807) is 6.92 Å². The standard InChI is InChI=1S/C17H23N3O3/c1-11(2)10-23-15-8-4-13(5-9-15)12(3)19-20-17(22)16(21)18-14-6-7-14/h4-5,8-9,11,14H,6-7,10H2,1-3H3,(H,18,21)(H,20,22)/b19-12-. The van der Waals surface area contributed by atoms with Gasteiger partial charge in [0.1, 0.15) is 5.75 Å². The van der Waals surface area contributed by atoms with Gasteiger partial charge >= 0.3 is 11.8 Å². The lowest BCUT2D eigenvalue weighted by atomic mass is 10.1. The number of hydrogen-bond acceptors (Lipinski definition) is 4. The monoisotopic (exact) mass is 317 g/mol. The summed E-state index contributed by atoms with van der Waals surface area (Å²) in [6.07, 6.45) is 1.87. The number of amides is 2. The maximum Gasteiger partial charge on any atom is 0.329 e. The molecule has 1 saturated carbocycles. The van der Waals surface area contributed by atoms with E-state index in [0.29, 0.717) is 18.2 Å². The third-order valence-corrected chi connectivity index (χ3v) is 3.30. The van der Waals surface area contributed by atoms with Crippen LogP contribution in [0.5, 0.6) is 5.75 Å². The summed E-state index contributed by atoms with van der Waals surface area (Å²) in [4.78, 5) is 23.1. The summed E-state index contributed by atoms with van der Waals surface area (Å²) in [6.45, 7) is 6.61. The molecule has 0 saturated heterocycles. The summed E-state index contributed by atoms with van der Waals surface area (Å²) in [5, 5.41) is 6.57. The number of rotatable bonds is 6. The average molecular weight is 317 g/mol. The van der Waals surface area contributed by atoms with Crippen LogP contribution >= 0.6 is 0 Å². The van der Waals surface area contributed by atoms with Gasteiger partial charge in [0.2, 0.25) is 0 Å². The summed E-state index contributed by atoms with van der Waals surface area (Å²) in [6, 6.07) is 7.60. The topological polar surface area (TPSA) is 79.8 Å². The normalized spacial score (nSPS) is 14.5. The van der Waals surface area contributed by atoms with Gasteiger partial charge < -0.3 is 10.1 Å². The molecule has 0 heterocycles. The van der Waals surface area contributed by atoms with Crippen LogP contribution in [0.25, 0.3) is 0 Å². The fraction of sp³-hybridized carbons (Fsp3) is 0.471. The number of nitrogens with one attached hydrogen (secondary N) is 2. The van der Waals surface area contributed by atoms with Crippen LogP contribution in [0.1, 0.15) is 39.2 Å². The van der Waals surface area contributed by atoms with E-state index in [1.807, 2.05) is 24.3 Å². The van der Waals surface area contributed by atoms with Gasteiger partial charge in [-0.2, -0.15) is 5.10 Å². The molecule has 6 heteroatoms. The first-order chi connectivity index (χ1) is 11.0. The molecule has 1 aromatic carbocycles. The molecule has 124 valence electrons. The molecule has 0 aliphatic heterocycles. The minimum atomic E-state index is -0.742. The number of benzene rings is 1. The minimum absolute atomic E-state index is 0.150. The molecular formula is C17H23N3O3. The van der Waals surface area contributed by atoms with Crippen molar-refractivity contribution in [2.45, 2.75) is 39.7 Å². The van der Waals surface area contributed by atoms with E-state index in [0.717, 1.165) is 24.2 Å². The molecule has 1 aliphatic carbocycles. The van der Waals surface area contributed by atoms with Crippen molar-refractivity contribution in [3.63, 3.8) is 0 Å². The van der Waals surface area contributed by atoms with Gasteiger partial charge in [0.15, 0.2) is 0 Å². The SMILES string of the molecule is C/C(=N/NC(=O)C(=O)NC1CC1)c1ccc(OCC(C)C)cc1. The number of nitrogens with zero attached hydrogens (tertiary/aromatic N) is 1. The van der Waals surface area contributed by atoms with E-state index in [9.17, 15) is 9.59 Å². The predicted octanol–water partition coefficient (Wildman–Crippen LogP) is 1.84. The summed E-state index contributed by atoms with van der Waals surface area (Å²) < 4.78 is 5.61. The quantitative estimate of drug-likeness (QED) is 0.477. The van der Waals surface area contributed by atoms with Crippen molar-refractivity contribution < 1.29 is 14.3 Å². The van der Waals surface area contributed by atoms with Crippen molar-refractivity contribution in [3.05, 3.63) is 29.8 Å². The third kappa shape index (κ3) is 5.73. The predicted molar refractivity (Wildman–Crippen MR) is 88.3 cm³/mol. The second-order valence-electron chi connectivity index (χ2n) is 6.12. The van der Waals surface area contributed by atoms with Crippen molar-refractivity contribution in [2.75, 3.05) is 6.61 Å². The van der Waals surface area contributed by atoms with Crippen molar-refractivity contribution in [2.24, 2.45) is 11.0 Å². The average Bonchev–Trinajstić information content (AvgIpc) is 3.34. The zero-order valence-corrected chi connectivity index (χ0v) is 13.8. The number of carbonyl (C=O) groups excluding carboxylic acids is 2. The zero-order valence-electron chi connectivity index (χ0n) is 13.8. The summed E-state index contributed by atoms with van der Waals surface area (Å²) in [5.41, 5.74) is 3.74. The zero-order chi connectivity index (χ0) is 16.8. The Kier molecular flexibility index (Phi) is 5.73. The van der Waals surface area contributed by atoms with Crippen LogP contribution in [0.2, 0.25) is 0 Å². The highest BCUT2D eigenvalue weighted by Gasteiger charge is 2.26. The Balaban J connectivity index is 1.86. The first-order valence-electron chi connectivity index (χ1n) is 7.84. The Morgan fingerprint density at radius 3 is 2.43 bits per heavy atom. The van der Waals surface area contributed by atoms with Crippen molar-refractivity contribution in [1.29, 1.82) is 0 Å². The van der Waals surface area contributed by atoms with Crippen LogP contribution in [0.4, 0.5) is 0 Å². The van der Waals surface area contributed by atoms with Crippen molar-refractivity contribution in [3.8, 4) is 5.75 Å². The number of hydrazone groups is 1. The summed E-state index contributed by atoms with van der Waals surface area (Å²) in [7, 11) is 0. The number of hydrogen-bond donors (Lipinski definition) is 2. The van der Waals surface area contributed by atoms with Crippen LogP contribution in [0.3, 0.4) is 0 Å². The first-order valence-corrected chi connectivity index (χ1v) is 7.84. The van der Waals surface area contributed by atoms with E-state index < -0.39 is 11.8 Å². The molecule has 0 atom stereocenters. The first kappa shape index (κ1) is 17.0. The maximum atomic E-state index is 11.6. The second kappa shape index (κ2) is 7.76. The fourth-order valence-electron chi connectivity index (χ4n) is 1.78. The van der Waals surface area contributed by atoms with E-state index in [4.69, 9.17) is 4.74 Å². The smallest absolute Gasteiger partial charge is 0.329 e. The largest absolute Gasteiger partial charge is 0.493 e.